The average molecular weight is 447 g/mol. The van der Waals surface area contributed by atoms with Crippen LogP contribution in [0.25, 0.3) is 0 Å². The molecule has 3 aliphatic rings. The largest absolute Gasteiger partial charge is 0.376 e. The number of aryl methyl sites for hydroxylation is 1. The highest BCUT2D eigenvalue weighted by Crippen LogP contribution is 2.29. The van der Waals surface area contributed by atoms with Crippen molar-refractivity contribution in [2.45, 2.75) is 63.5 Å². The summed E-state index contributed by atoms with van der Waals surface area (Å²) in [4.78, 5) is 18.1. The van der Waals surface area contributed by atoms with Crippen molar-refractivity contribution in [2.24, 2.45) is 5.92 Å². The number of benzene rings is 2. The molecule has 0 unspecified atom stereocenters. The molecule has 33 heavy (non-hydrogen) atoms. The number of carbonyl (C=O) groups excluding carboxylic acids is 1. The molecule has 2 aliphatic heterocycles. The second-order valence-electron chi connectivity index (χ2n) is 10.2. The van der Waals surface area contributed by atoms with E-state index in [1.54, 1.807) is 0 Å². The molecule has 2 fully saturated rings. The molecule has 0 N–H and O–H groups in total. The van der Waals surface area contributed by atoms with E-state index in [-0.39, 0.29) is 6.10 Å². The van der Waals surface area contributed by atoms with Crippen LogP contribution in [0, 0.1) is 5.92 Å². The molecule has 1 amide bonds. The quantitative estimate of drug-likeness (QED) is 0.598. The first-order valence-electron chi connectivity index (χ1n) is 13.0. The van der Waals surface area contributed by atoms with Gasteiger partial charge in [-0.15, -0.1) is 0 Å². The van der Waals surface area contributed by atoms with Gasteiger partial charge in [-0.1, -0.05) is 54.6 Å². The van der Waals surface area contributed by atoms with Crippen LogP contribution in [0.4, 0.5) is 0 Å². The van der Waals surface area contributed by atoms with E-state index in [1.807, 2.05) is 6.07 Å². The van der Waals surface area contributed by atoms with E-state index in [4.69, 9.17) is 4.74 Å². The zero-order chi connectivity index (χ0) is 22.5. The number of rotatable bonds is 8. The highest BCUT2D eigenvalue weighted by Gasteiger charge is 2.31. The molecule has 176 valence electrons. The van der Waals surface area contributed by atoms with Crippen LogP contribution in [-0.2, 0) is 28.8 Å². The summed E-state index contributed by atoms with van der Waals surface area (Å²) in [6.07, 6.45) is 8.64. The van der Waals surface area contributed by atoms with Gasteiger partial charge in [0, 0.05) is 32.2 Å². The van der Waals surface area contributed by atoms with Gasteiger partial charge in [0.15, 0.2) is 0 Å². The molecule has 2 aromatic carbocycles. The molecule has 0 bridgehead atoms. The van der Waals surface area contributed by atoms with Crippen LogP contribution in [0.3, 0.4) is 0 Å². The van der Waals surface area contributed by atoms with Crippen molar-refractivity contribution in [2.75, 3.05) is 32.8 Å². The van der Waals surface area contributed by atoms with Crippen LogP contribution in [0.15, 0.2) is 54.6 Å². The Labute approximate surface area is 198 Å². The first kappa shape index (κ1) is 22.6. The highest BCUT2D eigenvalue weighted by atomic mass is 16.5. The van der Waals surface area contributed by atoms with E-state index in [0.717, 1.165) is 52.0 Å². The summed E-state index contributed by atoms with van der Waals surface area (Å²) < 4.78 is 5.90. The number of likely N-dealkylation sites (tertiary alicyclic amines) is 1. The van der Waals surface area contributed by atoms with Crippen molar-refractivity contribution >= 4 is 5.91 Å². The first-order chi connectivity index (χ1) is 16.2. The Morgan fingerprint density at radius 1 is 0.909 bits per heavy atom. The Morgan fingerprint density at radius 2 is 1.61 bits per heavy atom. The van der Waals surface area contributed by atoms with Crippen LogP contribution < -0.4 is 0 Å². The smallest absolute Gasteiger partial charge is 0.222 e. The van der Waals surface area contributed by atoms with Crippen LogP contribution in [0.1, 0.15) is 48.8 Å². The number of hydrogen-bond acceptors (Lipinski definition) is 3. The van der Waals surface area contributed by atoms with E-state index in [0.29, 0.717) is 24.3 Å². The molecule has 2 saturated heterocycles. The molecule has 0 spiro atoms. The van der Waals surface area contributed by atoms with Crippen molar-refractivity contribution in [3.8, 4) is 0 Å². The van der Waals surface area contributed by atoms with Crippen LogP contribution in [0.5, 0.6) is 0 Å². The maximum absolute atomic E-state index is 13.2. The molecule has 5 rings (SSSR count). The normalized spacial score (nSPS) is 21.9. The lowest BCUT2D eigenvalue weighted by molar-refractivity contribution is -0.133. The summed E-state index contributed by atoms with van der Waals surface area (Å²) in [7, 11) is 0. The molecule has 4 nitrogen and oxygen atoms in total. The number of carbonyl (C=O) groups is 1. The topological polar surface area (TPSA) is 32.8 Å². The molecule has 0 aromatic heterocycles. The van der Waals surface area contributed by atoms with Gasteiger partial charge in [0.25, 0.3) is 0 Å². The third-order valence-corrected chi connectivity index (χ3v) is 7.94. The van der Waals surface area contributed by atoms with Gasteiger partial charge in [-0.2, -0.15) is 0 Å². The minimum atomic E-state index is 0.225. The van der Waals surface area contributed by atoms with Gasteiger partial charge in [-0.05, 0) is 80.6 Å². The SMILES string of the molecule is O=C(CCc1ccccc1)N(CC1CCN(C2Cc3ccccc3C2)CC1)C[C@@H]1CCCO1. The van der Waals surface area contributed by atoms with Crippen molar-refractivity contribution in [3.63, 3.8) is 0 Å². The van der Waals surface area contributed by atoms with E-state index in [9.17, 15) is 4.79 Å². The molecule has 0 saturated carbocycles. The Morgan fingerprint density at radius 3 is 2.27 bits per heavy atom. The number of ether oxygens (including phenoxy) is 1. The minimum absolute atomic E-state index is 0.225. The fraction of sp³-hybridized carbons (Fsp3) is 0.552. The van der Waals surface area contributed by atoms with Gasteiger partial charge in [0.1, 0.15) is 0 Å². The number of amides is 1. The standard InChI is InChI=1S/C29H38N2O2/c32-29(13-12-23-7-2-1-3-8-23)31(22-28-11-6-18-33-28)21-24-14-16-30(17-15-24)27-19-25-9-4-5-10-26(25)20-27/h1-5,7-10,24,27-28H,6,11-22H2/t28-/m0/s1. The lowest BCUT2D eigenvalue weighted by Gasteiger charge is -2.38. The fourth-order valence-corrected chi connectivity index (χ4v) is 5.97. The van der Waals surface area contributed by atoms with Gasteiger partial charge >= 0.3 is 0 Å². The summed E-state index contributed by atoms with van der Waals surface area (Å²) >= 11 is 0. The van der Waals surface area contributed by atoms with Crippen molar-refractivity contribution in [3.05, 3.63) is 71.3 Å². The number of nitrogens with zero attached hydrogens (tertiary/aromatic N) is 2. The Hall–Kier alpha value is -2.17. The maximum Gasteiger partial charge on any atom is 0.222 e. The molecule has 0 radical (unpaired) electrons. The number of piperidine rings is 1. The van der Waals surface area contributed by atoms with Crippen LogP contribution >= 0.6 is 0 Å². The molecule has 2 aromatic rings. The molecular formula is C29H38N2O2. The second-order valence-corrected chi connectivity index (χ2v) is 10.2. The zero-order valence-corrected chi connectivity index (χ0v) is 19.8. The number of fused-ring (bicyclic) bond motifs is 1. The molecule has 4 heteroatoms. The Kier molecular flexibility index (Phi) is 7.43. The van der Waals surface area contributed by atoms with Crippen LogP contribution in [0.2, 0.25) is 0 Å². The van der Waals surface area contributed by atoms with Crippen molar-refractivity contribution in [1.29, 1.82) is 0 Å². The minimum Gasteiger partial charge on any atom is -0.376 e. The predicted molar refractivity (Wildman–Crippen MR) is 132 cm³/mol. The van der Waals surface area contributed by atoms with Crippen molar-refractivity contribution in [1.82, 2.24) is 9.80 Å². The lowest BCUT2D eigenvalue weighted by atomic mass is 9.94. The van der Waals surface area contributed by atoms with Crippen molar-refractivity contribution < 1.29 is 9.53 Å². The predicted octanol–water partition coefficient (Wildman–Crippen LogP) is 4.51. The zero-order valence-electron chi connectivity index (χ0n) is 19.8. The van der Waals surface area contributed by atoms with Gasteiger partial charge < -0.3 is 9.64 Å². The monoisotopic (exact) mass is 446 g/mol. The van der Waals surface area contributed by atoms with E-state index in [1.165, 1.54) is 42.4 Å². The Bertz CT molecular complexity index is 876. The third-order valence-electron chi connectivity index (χ3n) is 7.94. The maximum atomic E-state index is 13.2. The van der Waals surface area contributed by atoms with E-state index >= 15 is 0 Å². The number of hydrogen-bond donors (Lipinski definition) is 0. The average Bonchev–Trinajstić information content (AvgIpc) is 3.53. The Balaban J connectivity index is 1.14. The summed E-state index contributed by atoms with van der Waals surface area (Å²) in [5.41, 5.74) is 4.32. The van der Waals surface area contributed by atoms with Gasteiger partial charge in [0.2, 0.25) is 5.91 Å². The van der Waals surface area contributed by atoms with Gasteiger partial charge in [-0.25, -0.2) is 0 Å². The van der Waals surface area contributed by atoms with Gasteiger partial charge in [-0.3, -0.25) is 9.69 Å². The summed E-state index contributed by atoms with van der Waals surface area (Å²) in [6.45, 7) is 4.83. The van der Waals surface area contributed by atoms with Gasteiger partial charge in [0.05, 0.1) is 6.10 Å². The highest BCUT2D eigenvalue weighted by molar-refractivity contribution is 5.76. The molecule has 2 heterocycles. The molecule has 1 atom stereocenters. The summed E-state index contributed by atoms with van der Waals surface area (Å²) in [5, 5.41) is 0. The van der Waals surface area contributed by atoms with Crippen LogP contribution in [-0.4, -0.2) is 60.6 Å². The molecular weight excluding hydrogens is 408 g/mol. The summed E-state index contributed by atoms with van der Waals surface area (Å²) in [5.74, 6) is 0.898. The lowest BCUT2D eigenvalue weighted by Crippen LogP contribution is -2.46. The van der Waals surface area contributed by atoms with E-state index in [2.05, 4.69) is 58.3 Å². The fourth-order valence-electron chi connectivity index (χ4n) is 5.97. The molecule has 1 aliphatic carbocycles. The summed E-state index contributed by atoms with van der Waals surface area (Å²) in [6, 6.07) is 20.0. The second kappa shape index (κ2) is 10.8. The first-order valence-corrected chi connectivity index (χ1v) is 13.0. The van der Waals surface area contributed by atoms with E-state index < -0.39 is 0 Å². The third kappa shape index (κ3) is 5.85.